The average Bonchev–Trinajstić information content (AvgIpc) is 2.36. The first-order valence-electron chi connectivity index (χ1n) is 5.52. The molecular formula is C12H19ClN2O4. The summed E-state index contributed by atoms with van der Waals surface area (Å²) < 4.78 is 4.92. The van der Waals surface area contributed by atoms with Crippen molar-refractivity contribution in [3.8, 4) is 5.75 Å². The Balaban J connectivity index is 0.00000324. The van der Waals surface area contributed by atoms with Gasteiger partial charge in [-0.3, -0.25) is 10.1 Å². The van der Waals surface area contributed by atoms with Gasteiger partial charge in [0.15, 0.2) is 5.75 Å². The van der Waals surface area contributed by atoms with Crippen molar-refractivity contribution in [3.05, 3.63) is 33.9 Å². The molecule has 0 aromatic heterocycles. The third-order valence-corrected chi connectivity index (χ3v) is 3.01. The van der Waals surface area contributed by atoms with E-state index in [-0.39, 0.29) is 30.5 Å². The van der Waals surface area contributed by atoms with Gasteiger partial charge in [0.05, 0.1) is 12.0 Å². The van der Waals surface area contributed by atoms with Crippen molar-refractivity contribution in [1.82, 2.24) is 0 Å². The van der Waals surface area contributed by atoms with Gasteiger partial charge in [-0.2, -0.15) is 0 Å². The molecule has 6 nitrogen and oxygen atoms in total. The monoisotopic (exact) mass is 290 g/mol. The molecule has 108 valence electrons. The molecule has 19 heavy (non-hydrogen) atoms. The lowest BCUT2D eigenvalue weighted by atomic mass is 9.82. The van der Waals surface area contributed by atoms with E-state index >= 15 is 0 Å². The normalized spacial score (nSPS) is 12.5. The summed E-state index contributed by atoms with van der Waals surface area (Å²) in [5.41, 5.74) is 5.94. The number of ether oxygens (including phenoxy) is 1. The standard InChI is InChI=1S/C12H18N2O4.ClH/c1-12(2,7-15)11(13)8-4-5-10(18-3)9(6-8)14(16)17;/h4-6,11,15H,7,13H2,1-3H3;1H/t11-;/m0./s1. The minimum absolute atomic E-state index is 0. The fourth-order valence-corrected chi connectivity index (χ4v) is 1.59. The number of nitro groups is 1. The number of rotatable bonds is 5. The minimum atomic E-state index is -0.553. The molecule has 7 heteroatoms. The van der Waals surface area contributed by atoms with Crippen LogP contribution in [0.4, 0.5) is 5.69 Å². The van der Waals surface area contributed by atoms with Crippen molar-refractivity contribution in [2.24, 2.45) is 11.1 Å². The number of nitro benzene ring substituents is 1. The zero-order chi connectivity index (χ0) is 13.9. The molecule has 0 radical (unpaired) electrons. The van der Waals surface area contributed by atoms with Crippen molar-refractivity contribution in [2.75, 3.05) is 13.7 Å². The lowest BCUT2D eigenvalue weighted by molar-refractivity contribution is -0.385. The summed E-state index contributed by atoms with van der Waals surface area (Å²) in [6.07, 6.45) is 0. The molecule has 0 bridgehead atoms. The van der Waals surface area contributed by atoms with Crippen LogP contribution in [-0.4, -0.2) is 23.7 Å². The first-order chi connectivity index (χ1) is 8.33. The summed E-state index contributed by atoms with van der Waals surface area (Å²) in [7, 11) is 1.37. The molecular weight excluding hydrogens is 272 g/mol. The highest BCUT2D eigenvalue weighted by molar-refractivity contribution is 5.85. The Kier molecular flexibility index (Phi) is 6.21. The first-order valence-corrected chi connectivity index (χ1v) is 5.52. The molecule has 0 aliphatic carbocycles. The maximum absolute atomic E-state index is 10.9. The number of aliphatic hydroxyl groups is 1. The summed E-state index contributed by atoms with van der Waals surface area (Å²) in [6.45, 7) is 3.50. The van der Waals surface area contributed by atoms with Crippen LogP contribution < -0.4 is 10.5 Å². The first kappa shape index (κ1) is 17.6. The minimum Gasteiger partial charge on any atom is -0.490 e. The van der Waals surface area contributed by atoms with E-state index in [2.05, 4.69) is 0 Å². The number of methoxy groups -OCH3 is 1. The fourth-order valence-electron chi connectivity index (χ4n) is 1.59. The van der Waals surface area contributed by atoms with Crippen molar-refractivity contribution >= 4 is 18.1 Å². The van der Waals surface area contributed by atoms with E-state index < -0.39 is 16.4 Å². The Labute approximate surface area is 118 Å². The van der Waals surface area contributed by atoms with Gasteiger partial charge < -0.3 is 15.6 Å². The van der Waals surface area contributed by atoms with Gasteiger partial charge in [0.1, 0.15) is 0 Å². The van der Waals surface area contributed by atoms with Gasteiger partial charge in [-0.15, -0.1) is 12.4 Å². The van der Waals surface area contributed by atoms with Gasteiger partial charge in [-0.1, -0.05) is 19.9 Å². The van der Waals surface area contributed by atoms with Crippen LogP contribution in [0.1, 0.15) is 25.5 Å². The Morgan fingerprint density at radius 3 is 2.53 bits per heavy atom. The zero-order valence-corrected chi connectivity index (χ0v) is 11.9. The summed E-state index contributed by atoms with van der Waals surface area (Å²) in [5, 5.41) is 20.2. The molecule has 1 aromatic rings. The maximum atomic E-state index is 10.9. The van der Waals surface area contributed by atoms with Crippen molar-refractivity contribution < 1.29 is 14.8 Å². The second-order valence-electron chi connectivity index (χ2n) is 4.81. The number of halogens is 1. The van der Waals surface area contributed by atoms with Gasteiger partial charge in [-0.05, 0) is 11.6 Å². The number of aliphatic hydroxyl groups excluding tert-OH is 1. The molecule has 0 saturated heterocycles. The number of benzene rings is 1. The van der Waals surface area contributed by atoms with Gasteiger partial charge in [0.25, 0.3) is 0 Å². The molecule has 1 rings (SSSR count). The van der Waals surface area contributed by atoms with E-state index in [0.717, 1.165) is 0 Å². The van der Waals surface area contributed by atoms with Crippen LogP contribution in [0.2, 0.25) is 0 Å². The molecule has 1 aromatic carbocycles. The van der Waals surface area contributed by atoms with Crippen LogP contribution in [0.5, 0.6) is 5.75 Å². The van der Waals surface area contributed by atoms with Crippen LogP contribution in [0.25, 0.3) is 0 Å². The molecule has 0 fully saturated rings. The Bertz CT molecular complexity index is 451. The van der Waals surface area contributed by atoms with Gasteiger partial charge in [0.2, 0.25) is 0 Å². The topological polar surface area (TPSA) is 98.6 Å². The molecule has 0 aliphatic rings. The summed E-state index contributed by atoms with van der Waals surface area (Å²) in [5.74, 6) is 0.192. The van der Waals surface area contributed by atoms with E-state index in [0.29, 0.717) is 5.56 Å². The third kappa shape index (κ3) is 3.79. The fraction of sp³-hybridized carbons (Fsp3) is 0.500. The number of hydrogen-bond donors (Lipinski definition) is 2. The van der Waals surface area contributed by atoms with Crippen molar-refractivity contribution in [3.63, 3.8) is 0 Å². The Hall–Kier alpha value is -1.37. The number of nitrogens with zero attached hydrogens (tertiary/aromatic N) is 1. The van der Waals surface area contributed by atoms with Crippen LogP contribution in [0.3, 0.4) is 0 Å². The molecule has 0 aliphatic heterocycles. The van der Waals surface area contributed by atoms with Gasteiger partial charge in [0, 0.05) is 24.1 Å². The average molecular weight is 291 g/mol. The van der Waals surface area contributed by atoms with E-state index in [1.807, 2.05) is 0 Å². The van der Waals surface area contributed by atoms with Crippen LogP contribution in [0, 0.1) is 15.5 Å². The molecule has 3 N–H and O–H groups in total. The number of hydrogen-bond acceptors (Lipinski definition) is 5. The highest BCUT2D eigenvalue weighted by Gasteiger charge is 2.29. The molecule has 0 amide bonds. The highest BCUT2D eigenvalue weighted by atomic mass is 35.5. The Morgan fingerprint density at radius 1 is 1.53 bits per heavy atom. The predicted octanol–water partition coefficient (Wildman–Crippen LogP) is 2.04. The lowest BCUT2D eigenvalue weighted by Gasteiger charge is -2.29. The van der Waals surface area contributed by atoms with Gasteiger partial charge in [-0.25, -0.2) is 0 Å². The third-order valence-electron chi connectivity index (χ3n) is 3.01. The molecule has 0 unspecified atom stereocenters. The zero-order valence-electron chi connectivity index (χ0n) is 11.1. The van der Waals surface area contributed by atoms with Crippen LogP contribution in [0.15, 0.2) is 18.2 Å². The van der Waals surface area contributed by atoms with Crippen molar-refractivity contribution in [1.29, 1.82) is 0 Å². The summed E-state index contributed by atoms with van der Waals surface area (Å²) >= 11 is 0. The second-order valence-corrected chi connectivity index (χ2v) is 4.81. The van der Waals surface area contributed by atoms with E-state index in [4.69, 9.17) is 10.5 Å². The van der Waals surface area contributed by atoms with Crippen LogP contribution in [-0.2, 0) is 0 Å². The maximum Gasteiger partial charge on any atom is 0.311 e. The van der Waals surface area contributed by atoms with E-state index in [9.17, 15) is 15.2 Å². The molecule has 0 heterocycles. The molecule has 0 spiro atoms. The second kappa shape index (κ2) is 6.70. The van der Waals surface area contributed by atoms with Crippen molar-refractivity contribution in [2.45, 2.75) is 19.9 Å². The molecule has 0 saturated carbocycles. The lowest BCUT2D eigenvalue weighted by Crippen LogP contribution is -2.32. The van der Waals surface area contributed by atoms with E-state index in [1.54, 1.807) is 19.9 Å². The van der Waals surface area contributed by atoms with Gasteiger partial charge >= 0.3 is 5.69 Å². The van der Waals surface area contributed by atoms with Crippen LogP contribution >= 0.6 is 12.4 Å². The summed E-state index contributed by atoms with van der Waals surface area (Å²) in [6, 6.07) is 4.09. The Morgan fingerprint density at radius 2 is 2.11 bits per heavy atom. The highest BCUT2D eigenvalue weighted by Crippen LogP contribution is 2.35. The largest absolute Gasteiger partial charge is 0.490 e. The van der Waals surface area contributed by atoms with E-state index in [1.165, 1.54) is 19.2 Å². The SMILES string of the molecule is COc1ccc([C@H](N)C(C)(C)CO)cc1[N+](=O)[O-].Cl. The predicted molar refractivity (Wildman–Crippen MR) is 74.7 cm³/mol. The molecule has 1 atom stereocenters. The smallest absolute Gasteiger partial charge is 0.311 e. The summed E-state index contributed by atoms with van der Waals surface area (Å²) in [4.78, 5) is 10.4. The quantitative estimate of drug-likeness (QED) is 0.639. The number of nitrogens with two attached hydrogens (primary N) is 1.